The maximum Gasteiger partial charge on any atom is 0.260 e. The molecule has 1 aliphatic rings. The van der Waals surface area contributed by atoms with Crippen LogP contribution >= 0.6 is 11.6 Å². The summed E-state index contributed by atoms with van der Waals surface area (Å²) in [6.45, 7) is 8.77. The highest BCUT2D eigenvalue weighted by atomic mass is 35.5. The zero-order valence-corrected chi connectivity index (χ0v) is 25.4. The highest BCUT2D eigenvalue weighted by Gasteiger charge is 2.41. The predicted molar refractivity (Wildman–Crippen MR) is 156 cm³/mol. The van der Waals surface area contributed by atoms with E-state index in [1.807, 2.05) is 20.8 Å². The van der Waals surface area contributed by atoms with Crippen molar-refractivity contribution >= 4 is 38.6 Å². The van der Waals surface area contributed by atoms with Crippen LogP contribution in [0.3, 0.4) is 0 Å². The van der Waals surface area contributed by atoms with Crippen molar-refractivity contribution in [1.29, 1.82) is 0 Å². The number of aliphatic hydroxyl groups is 2. The number of hydrogen-bond acceptors (Lipinski definition) is 9. The topological polar surface area (TPSA) is 162 Å². The smallest absolute Gasteiger partial charge is 0.260 e. The van der Waals surface area contributed by atoms with E-state index in [9.17, 15) is 18.6 Å². The van der Waals surface area contributed by atoms with Crippen LogP contribution in [0.5, 0.6) is 0 Å². The fraction of sp³-hybridized carbons (Fsp3) is 0.481. The largest absolute Gasteiger partial charge is 0.390 e. The lowest BCUT2D eigenvalue weighted by molar-refractivity contribution is 0.0641. The van der Waals surface area contributed by atoms with E-state index in [-0.39, 0.29) is 39.8 Å². The lowest BCUT2D eigenvalue weighted by atomic mass is 9.95. The average Bonchev–Trinajstić information content (AvgIpc) is 3.60. The molecule has 12 nitrogen and oxygen atoms in total. The van der Waals surface area contributed by atoms with Crippen molar-refractivity contribution in [3.8, 4) is 11.3 Å². The molecule has 1 saturated heterocycles. The van der Waals surface area contributed by atoms with Gasteiger partial charge in [0, 0.05) is 24.2 Å². The molecule has 0 spiro atoms. The molecule has 15 heteroatoms. The third-order valence-electron chi connectivity index (χ3n) is 7.44. The summed E-state index contributed by atoms with van der Waals surface area (Å²) in [4.78, 5) is 19.7. The molecule has 42 heavy (non-hydrogen) atoms. The number of hydrogen-bond donors (Lipinski definition) is 4. The van der Waals surface area contributed by atoms with E-state index in [1.165, 1.54) is 29.1 Å². The Balaban J connectivity index is 1.46. The van der Waals surface area contributed by atoms with Crippen molar-refractivity contribution < 1.29 is 23.0 Å². The van der Waals surface area contributed by atoms with E-state index in [0.717, 1.165) is 0 Å². The van der Waals surface area contributed by atoms with Gasteiger partial charge < -0.3 is 25.1 Å². The number of sulfonamides is 1. The summed E-state index contributed by atoms with van der Waals surface area (Å²) >= 11 is 6.48. The van der Waals surface area contributed by atoms with Gasteiger partial charge in [0.05, 0.1) is 47.1 Å². The van der Waals surface area contributed by atoms with Gasteiger partial charge in [-0.3, -0.25) is 0 Å². The average molecular weight is 621 g/mol. The number of β-amino-alcohol motifs (C(OH)–C–C–N with tert-alkyl or cyclic N) is 1. The van der Waals surface area contributed by atoms with E-state index in [4.69, 9.17) is 11.6 Å². The van der Waals surface area contributed by atoms with E-state index < -0.39 is 39.6 Å². The number of piperidine rings is 1. The molecule has 3 aromatic heterocycles. The zero-order chi connectivity index (χ0) is 30.6. The highest BCUT2D eigenvalue weighted by molar-refractivity contribution is 7.89. The van der Waals surface area contributed by atoms with E-state index in [1.54, 1.807) is 24.5 Å². The van der Waals surface area contributed by atoms with Crippen LogP contribution in [-0.4, -0.2) is 77.2 Å². The Labute approximate surface area is 248 Å². The summed E-state index contributed by atoms with van der Waals surface area (Å²) in [6, 6.07) is 1.92. The zero-order valence-electron chi connectivity index (χ0n) is 23.9. The summed E-state index contributed by atoms with van der Waals surface area (Å²) in [5.74, 6) is -0.114. The third kappa shape index (κ3) is 5.49. The van der Waals surface area contributed by atoms with Crippen molar-refractivity contribution in [2.75, 3.05) is 11.9 Å². The minimum Gasteiger partial charge on any atom is -0.390 e. The second-order valence-electron chi connectivity index (χ2n) is 11.3. The molecular formula is C27H34ClFN8O4S. The molecule has 3 atom stereocenters. The Bertz CT molecular complexity index is 1710. The first-order valence-corrected chi connectivity index (χ1v) is 15.5. The van der Waals surface area contributed by atoms with Gasteiger partial charge in [-0.25, -0.2) is 32.7 Å². The number of nitrogens with zero attached hydrogens (tertiary/aromatic N) is 6. The Hall–Kier alpha value is -3.17. The molecule has 0 aliphatic carbocycles. The van der Waals surface area contributed by atoms with Crippen LogP contribution in [-0.2, 0) is 15.6 Å². The first-order chi connectivity index (χ1) is 19.7. The van der Waals surface area contributed by atoms with E-state index in [0.29, 0.717) is 29.7 Å². The number of benzene rings is 1. The molecule has 1 fully saturated rings. The van der Waals surface area contributed by atoms with Crippen LogP contribution in [0.25, 0.3) is 22.3 Å². The second-order valence-corrected chi connectivity index (χ2v) is 13.5. The van der Waals surface area contributed by atoms with Gasteiger partial charge in [0.25, 0.3) is 10.0 Å². The van der Waals surface area contributed by atoms with Gasteiger partial charge in [-0.2, -0.15) is 4.31 Å². The molecule has 4 aromatic rings. The minimum absolute atomic E-state index is 0.0390. The quantitative estimate of drug-likeness (QED) is 0.229. The molecule has 0 radical (unpaired) electrons. The molecule has 226 valence electrons. The van der Waals surface area contributed by atoms with Crippen molar-refractivity contribution in [3.63, 3.8) is 0 Å². The van der Waals surface area contributed by atoms with Crippen molar-refractivity contribution in [2.45, 2.75) is 82.3 Å². The fourth-order valence-electron chi connectivity index (χ4n) is 5.41. The van der Waals surface area contributed by atoms with Gasteiger partial charge in [0.15, 0.2) is 10.8 Å². The molecular weight excluding hydrogens is 587 g/mol. The first-order valence-electron chi connectivity index (χ1n) is 13.6. The van der Waals surface area contributed by atoms with Gasteiger partial charge in [-0.1, -0.05) is 18.5 Å². The summed E-state index contributed by atoms with van der Waals surface area (Å²) in [7, 11) is -3.88. The van der Waals surface area contributed by atoms with Gasteiger partial charge in [0.2, 0.25) is 5.95 Å². The van der Waals surface area contributed by atoms with Crippen molar-refractivity contribution in [3.05, 3.63) is 47.5 Å². The van der Waals surface area contributed by atoms with Gasteiger partial charge >= 0.3 is 0 Å². The number of halogens is 2. The first kappa shape index (κ1) is 30.3. The van der Waals surface area contributed by atoms with Crippen LogP contribution in [0.15, 0.2) is 35.9 Å². The van der Waals surface area contributed by atoms with Gasteiger partial charge in [0.1, 0.15) is 16.9 Å². The second kappa shape index (κ2) is 11.2. The maximum atomic E-state index is 15.4. The molecule has 0 bridgehead atoms. The SMILES string of the molecule is CC[C@H]1C[C@H](Nc2ncc(Cl)c(-c3cc(F)c4nc(C(C)(C)O)n(C(C)C)c4c3)n2)[C@@H](O)CN1S(=O)(=O)c1cnc[nH]1. The lowest BCUT2D eigenvalue weighted by Crippen LogP contribution is -2.56. The van der Waals surface area contributed by atoms with E-state index in [2.05, 4.69) is 30.2 Å². The number of nitrogens with one attached hydrogen (secondary N) is 2. The minimum atomic E-state index is -3.88. The Morgan fingerprint density at radius 2 is 2.00 bits per heavy atom. The third-order valence-corrected chi connectivity index (χ3v) is 9.56. The normalized spacial score (nSPS) is 20.5. The summed E-state index contributed by atoms with van der Waals surface area (Å²) in [6.07, 6.45) is 3.66. The molecule has 0 saturated carbocycles. The van der Waals surface area contributed by atoms with Crippen molar-refractivity contribution in [2.24, 2.45) is 0 Å². The van der Waals surface area contributed by atoms with Gasteiger partial charge in [-0.15, -0.1) is 0 Å². The van der Waals surface area contributed by atoms with Crippen LogP contribution in [0.2, 0.25) is 5.02 Å². The standard InChI is InChI=1S/C27H34ClFN8O4S/c1-6-16-9-19(21(38)12-36(16)42(40,41)22-11-30-13-32-22)33-26-31-10-17(28)23(35-26)15-7-18(29)24-20(8-15)37(14(2)3)25(34-24)27(4,5)39/h7-8,10-11,13-14,16,19,21,38-39H,6,9,12H2,1-5H3,(H,30,32)(H,31,33,35)/t16-,19-,21-/m0/s1. The highest BCUT2D eigenvalue weighted by Crippen LogP contribution is 2.35. The number of rotatable bonds is 8. The number of aromatic nitrogens is 6. The van der Waals surface area contributed by atoms with Crippen LogP contribution < -0.4 is 5.32 Å². The Kier molecular flexibility index (Phi) is 8.04. The molecule has 1 aromatic carbocycles. The Morgan fingerprint density at radius 1 is 1.26 bits per heavy atom. The fourth-order valence-corrected chi connectivity index (χ4v) is 7.23. The predicted octanol–water partition coefficient (Wildman–Crippen LogP) is 3.83. The number of imidazole rings is 2. The molecule has 0 unspecified atom stereocenters. The molecule has 5 rings (SSSR count). The molecule has 4 N–H and O–H groups in total. The molecule has 4 heterocycles. The number of H-pyrrole nitrogens is 1. The van der Waals surface area contributed by atoms with Crippen LogP contribution in [0.4, 0.5) is 10.3 Å². The monoisotopic (exact) mass is 620 g/mol. The summed E-state index contributed by atoms with van der Waals surface area (Å²) < 4.78 is 44.8. The Morgan fingerprint density at radius 3 is 2.62 bits per heavy atom. The van der Waals surface area contributed by atoms with E-state index >= 15 is 4.39 Å². The number of anilines is 1. The number of aromatic amines is 1. The number of fused-ring (bicyclic) bond motifs is 1. The van der Waals surface area contributed by atoms with Crippen LogP contribution in [0, 0.1) is 5.82 Å². The molecule has 0 amide bonds. The maximum absolute atomic E-state index is 15.4. The lowest BCUT2D eigenvalue weighted by Gasteiger charge is -2.41. The van der Waals surface area contributed by atoms with Crippen LogP contribution in [0.1, 0.15) is 59.3 Å². The van der Waals surface area contributed by atoms with Crippen molar-refractivity contribution in [1.82, 2.24) is 33.8 Å². The molecule has 1 aliphatic heterocycles. The summed E-state index contributed by atoms with van der Waals surface area (Å²) in [5, 5.41) is 24.9. The summed E-state index contributed by atoms with van der Waals surface area (Å²) in [5.41, 5.74) is -0.0552. The van der Waals surface area contributed by atoms with Gasteiger partial charge in [-0.05, 0) is 52.7 Å². The number of aliphatic hydroxyl groups excluding tert-OH is 1.